The molecule has 0 bridgehead atoms. The van der Waals surface area contributed by atoms with E-state index in [4.69, 9.17) is 38.4 Å². The van der Waals surface area contributed by atoms with Crippen molar-refractivity contribution in [3.8, 4) is 11.5 Å². The SMILES string of the molecule is O=C(O)CCOc1ccc(/C=C2/SC(=S)N(NC(=O)c3ccc(OCc4ccccc4Cl)cc3)C2=O)cc1. The largest absolute Gasteiger partial charge is 0.493 e. The summed E-state index contributed by atoms with van der Waals surface area (Å²) >= 11 is 12.5. The van der Waals surface area contributed by atoms with Crippen molar-refractivity contribution in [1.82, 2.24) is 10.4 Å². The number of benzene rings is 3. The zero-order chi connectivity index (χ0) is 27.1. The summed E-state index contributed by atoms with van der Waals surface area (Å²) in [5.41, 5.74) is 4.44. The number of thioether (sulfide) groups is 1. The van der Waals surface area contributed by atoms with Crippen LogP contribution in [0.3, 0.4) is 0 Å². The Labute approximate surface area is 233 Å². The molecule has 3 aromatic rings. The van der Waals surface area contributed by atoms with Gasteiger partial charge in [0, 0.05) is 16.1 Å². The molecule has 0 aromatic heterocycles. The molecule has 1 fully saturated rings. The van der Waals surface area contributed by atoms with Gasteiger partial charge in [-0.15, -0.1) is 0 Å². The quantitative estimate of drug-likeness (QED) is 0.250. The summed E-state index contributed by atoms with van der Waals surface area (Å²) in [4.78, 5) is 36.6. The van der Waals surface area contributed by atoms with E-state index in [1.807, 2.05) is 18.2 Å². The lowest BCUT2D eigenvalue weighted by molar-refractivity contribution is -0.137. The number of nitrogens with zero attached hydrogens (tertiary/aromatic N) is 1. The molecule has 1 aliphatic rings. The van der Waals surface area contributed by atoms with Crippen LogP contribution in [0.4, 0.5) is 0 Å². The van der Waals surface area contributed by atoms with Gasteiger partial charge in [-0.05, 0) is 66.3 Å². The van der Waals surface area contributed by atoms with Crippen LogP contribution in [0.5, 0.6) is 11.5 Å². The van der Waals surface area contributed by atoms with E-state index in [9.17, 15) is 14.4 Å². The summed E-state index contributed by atoms with van der Waals surface area (Å²) in [5, 5.41) is 10.3. The zero-order valence-corrected chi connectivity index (χ0v) is 22.1. The second kappa shape index (κ2) is 12.6. The van der Waals surface area contributed by atoms with Gasteiger partial charge in [-0.3, -0.25) is 19.8 Å². The van der Waals surface area contributed by atoms with Crippen LogP contribution in [-0.4, -0.2) is 38.8 Å². The van der Waals surface area contributed by atoms with Gasteiger partial charge in [0.05, 0.1) is 17.9 Å². The second-order valence-electron chi connectivity index (χ2n) is 7.92. The number of nitrogens with one attached hydrogen (secondary N) is 1. The number of hydrogen-bond acceptors (Lipinski definition) is 7. The average Bonchev–Trinajstić information content (AvgIpc) is 3.16. The third kappa shape index (κ3) is 7.12. The van der Waals surface area contributed by atoms with Crippen molar-refractivity contribution in [1.29, 1.82) is 0 Å². The number of thiocarbonyl (C=S) groups is 1. The molecular formula is C27H21ClN2O6S2. The maximum Gasteiger partial charge on any atom is 0.306 e. The molecule has 3 aromatic carbocycles. The molecule has 0 spiro atoms. The van der Waals surface area contributed by atoms with Crippen LogP contribution in [0.2, 0.25) is 5.02 Å². The highest BCUT2D eigenvalue weighted by Gasteiger charge is 2.33. The topological polar surface area (TPSA) is 105 Å². The molecule has 1 heterocycles. The predicted octanol–water partition coefficient (Wildman–Crippen LogP) is 5.32. The molecule has 38 heavy (non-hydrogen) atoms. The molecule has 4 rings (SSSR count). The van der Waals surface area contributed by atoms with Gasteiger partial charge >= 0.3 is 5.97 Å². The molecule has 0 aliphatic carbocycles. The van der Waals surface area contributed by atoms with Gasteiger partial charge < -0.3 is 14.6 Å². The summed E-state index contributed by atoms with van der Waals surface area (Å²) in [6, 6.07) is 20.7. The number of carboxylic acids is 1. The summed E-state index contributed by atoms with van der Waals surface area (Å²) in [6.07, 6.45) is 1.55. The lowest BCUT2D eigenvalue weighted by atomic mass is 10.2. The van der Waals surface area contributed by atoms with Crippen molar-refractivity contribution in [3.63, 3.8) is 0 Å². The molecule has 2 amide bonds. The molecule has 2 N–H and O–H groups in total. The molecule has 1 aliphatic heterocycles. The molecule has 0 saturated carbocycles. The second-order valence-corrected chi connectivity index (χ2v) is 10.0. The number of carbonyl (C=O) groups excluding carboxylic acids is 2. The highest BCUT2D eigenvalue weighted by Crippen LogP contribution is 2.32. The first kappa shape index (κ1) is 27.2. The van der Waals surface area contributed by atoms with Crippen LogP contribution in [0, 0.1) is 0 Å². The maximum atomic E-state index is 12.9. The highest BCUT2D eigenvalue weighted by molar-refractivity contribution is 8.26. The van der Waals surface area contributed by atoms with Gasteiger partial charge in [-0.2, -0.15) is 5.01 Å². The summed E-state index contributed by atoms with van der Waals surface area (Å²) in [7, 11) is 0. The Morgan fingerprint density at radius 2 is 1.66 bits per heavy atom. The van der Waals surface area contributed by atoms with Crippen molar-refractivity contribution in [2.24, 2.45) is 0 Å². The number of hydrogen-bond donors (Lipinski definition) is 2. The first-order chi connectivity index (χ1) is 18.3. The van der Waals surface area contributed by atoms with Gasteiger partial charge in [0.2, 0.25) is 0 Å². The number of rotatable bonds is 10. The van der Waals surface area contributed by atoms with Gasteiger partial charge in [-0.25, -0.2) is 0 Å². The van der Waals surface area contributed by atoms with Crippen molar-refractivity contribution in [3.05, 3.63) is 99.4 Å². The number of aliphatic carboxylic acids is 1. The third-order valence-corrected chi connectivity index (χ3v) is 6.91. The zero-order valence-electron chi connectivity index (χ0n) is 19.8. The Balaban J connectivity index is 1.33. The Morgan fingerprint density at radius 3 is 2.34 bits per heavy atom. The number of halogens is 1. The Bertz CT molecular complexity index is 1390. The van der Waals surface area contributed by atoms with Crippen LogP contribution < -0.4 is 14.9 Å². The van der Waals surface area contributed by atoms with Crippen molar-refractivity contribution >= 4 is 63.8 Å². The number of hydrazine groups is 1. The molecule has 0 radical (unpaired) electrons. The summed E-state index contributed by atoms with van der Waals surface area (Å²) in [6.45, 7) is 0.347. The molecule has 11 heteroatoms. The third-order valence-electron chi connectivity index (χ3n) is 5.24. The summed E-state index contributed by atoms with van der Waals surface area (Å²) < 4.78 is 11.3. The highest BCUT2D eigenvalue weighted by atomic mass is 35.5. The first-order valence-corrected chi connectivity index (χ1v) is 12.9. The standard InChI is InChI=1S/C27H21ClN2O6S2/c28-22-4-2-1-3-19(22)16-36-21-11-7-18(8-12-21)25(33)29-30-26(34)23(38-27(30)37)15-17-5-9-20(10-6-17)35-14-13-24(31)32/h1-12,15H,13-14,16H2,(H,29,33)(H,31,32)/b23-15+. The molecule has 194 valence electrons. The van der Waals surface area contributed by atoms with Crippen LogP contribution in [0.25, 0.3) is 6.08 Å². The number of carboxylic acid groups (broad SMARTS) is 1. The minimum atomic E-state index is -0.939. The molecule has 8 nitrogen and oxygen atoms in total. The Hall–Kier alpha value is -3.86. The molecule has 1 saturated heterocycles. The fourth-order valence-electron chi connectivity index (χ4n) is 3.28. The van der Waals surface area contributed by atoms with Crippen LogP contribution in [-0.2, 0) is 16.2 Å². The molecular weight excluding hydrogens is 548 g/mol. The Kier molecular flexibility index (Phi) is 9.01. The van der Waals surface area contributed by atoms with E-state index < -0.39 is 17.8 Å². The van der Waals surface area contributed by atoms with E-state index in [-0.39, 0.29) is 24.0 Å². The normalized spacial score (nSPS) is 14.0. The Morgan fingerprint density at radius 1 is 1.00 bits per heavy atom. The van der Waals surface area contributed by atoms with E-state index in [1.165, 1.54) is 0 Å². The van der Waals surface area contributed by atoms with Crippen molar-refractivity contribution in [2.75, 3.05) is 6.61 Å². The van der Waals surface area contributed by atoms with Crippen molar-refractivity contribution < 1.29 is 29.0 Å². The average molecular weight is 569 g/mol. The van der Waals surface area contributed by atoms with Gasteiger partial charge in [0.15, 0.2) is 4.32 Å². The fourth-order valence-corrected chi connectivity index (χ4v) is 4.65. The first-order valence-electron chi connectivity index (χ1n) is 11.3. The lowest BCUT2D eigenvalue weighted by Crippen LogP contribution is -2.44. The van der Waals surface area contributed by atoms with Gasteiger partial charge in [0.1, 0.15) is 18.1 Å². The minimum Gasteiger partial charge on any atom is -0.493 e. The molecule has 0 atom stereocenters. The fraction of sp³-hybridized carbons (Fsp3) is 0.111. The number of carbonyl (C=O) groups is 3. The lowest BCUT2D eigenvalue weighted by Gasteiger charge is -2.16. The van der Waals surface area contributed by atoms with E-state index >= 15 is 0 Å². The summed E-state index contributed by atoms with van der Waals surface area (Å²) in [5.74, 6) is -0.805. The number of ether oxygens (including phenoxy) is 2. The minimum absolute atomic E-state index is 0.0609. The van der Waals surface area contributed by atoms with E-state index in [0.717, 1.165) is 27.9 Å². The maximum absolute atomic E-state index is 12.9. The number of amides is 2. The van der Waals surface area contributed by atoms with E-state index in [2.05, 4.69) is 5.43 Å². The molecule has 0 unspecified atom stereocenters. The van der Waals surface area contributed by atoms with Crippen LogP contribution in [0.15, 0.2) is 77.7 Å². The van der Waals surface area contributed by atoms with Crippen LogP contribution >= 0.6 is 35.6 Å². The van der Waals surface area contributed by atoms with E-state index in [0.29, 0.717) is 27.0 Å². The van der Waals surface area contributed by atoms with Crippen LogP contribution in [0.1, 0.15) is 27.9 Å². The predicted molar refractivity (Wildman–Crippen MR) is 149 cm³/mol. The smallest absolute Gasteiger partial charge is 0.306 e. The van der Waals surface area contributed by atoms with Gasteiger partial charge in [-0.1, -0.05) is 53.7 Å². The van der Waals surface area contributed by atoms with E-state index in [1.54, 1.807) is 60.7 Å². The van der Waals surface area contributed by atoms with Crippen molar-refractivity contribution in [2.45, 2.75) is 13.0 Å². The monoisotopic (exact) mass is 568 g/mol. The van der Waals surface area contributed by atoms with Gasteiger partial charge in [0.25, 0.3) is 11.8 Å².